The van der Waals surface area contributed by atoms with Gasteiger partial charge in [-0.25, -0.2) is 9.97 Å². The maximum absolute atomic E-state index is 5.69. The molecule has 7 heteroatoms. The Kier molecular flexibility index (Phi) is 6.08. The Morgan fingerprint density at radius 1 is 1.12 bits per heavy atom. The fourth-order valence-corrected chi connectivity index (χ4v) is 5.18. The Morgan fingerprint density at radius 3 is 2.84 bits per heavy atom. The highest BCUT2D eigenvalue weighted by atomic mass is 16.5. The van der Waals surface area contributed by atoms with Gasteiger partial charge in [-0.2, -0.15) is 5.10 Å². The number of nitrogens with zero attached hydrogens (tertiary/aromatic N) is 5. The molecule has 2 aromatic heterocycles. The van der Waals surface area contributed by atoms with Crippen LogP contribution in [0, 0.1) is 6.92 Å². The van der Waals surface area contributed by atoms with Gasteiger partial charge in [-0.3, -0.25) is 10.00 Å². The van der Waals surface area contributed by atoms with Crippen molar-refractivity contribution in [2.75, 3.05) is 38.2 Å². The SMILES string of the molecule is COc1c(C)cccc1CN1CCC[C@H](c2[nH]ncc2-c2ccnc(N3CCCC3)n2)C1. The summed E-state index contributed by atoms with van der Waals surface area (Å²) in [4.78, 5) is 14.2. The van der Waals surface area contributed by atoms with Crippen molar-refractivity contribution in [2.45, 2.75) is 45.1 Å². The van der Waals surface area contributed by atoms with E-state index in [1.165, 1.54) is 36.1 Å². The number of benzene rings is 1. The van der Waals surface area contributed by atoms with Gasteiger partial charge >= 0.3 is 0 Å². The molecule has 0 aliphatic carbocycles. The molecule has 1 atom stereocenters. The molecule has 1 N–H and O–H groups in total. The van der Waals surface area contributed by atoms with Crippen molar-refractivity contribution in [1.29, 1.82) is 0 Å². The second kappa shape index (κ2) is 9.28. The van der Waals surface area contributed by atoms with Crippen LogP contribution in [-0.2, 0) is 6.54 Å². The predicted octanol–water partition coefficient (Wildman–Crippen LogP) is 4.16. The minimum absolute atomic E-state index is 0.405. The van der Waals surface area contributed by atoms with E-state index in [0.717, 1.165) is 62.1 Å². The van der Waals surface area contributed by atoms with E-state index in [0.29, 0.717) is 5.92 Å². The first-order chi connectivity index (χ1) is 15.7. The minimum atomic E-state index is 0.405. The summed E-state index contributed by atoms with van der Waals surface area (Å²) in [5, 5.41) is 7.72. The monoisotopic (exact) mass is 432 g/mol. The van der Waals surface area contributed by atoms with Crippen molar-refractivity contribution in [1.82, 2.24) is 25.1 Å². The molecule has 7 nitrogen and oxygen atoms in total. The third kappa shape index (κ3) is 4.21. The minimum Gasteiger partial charge on any atom is -0.496 e. The van der Waals surface area contributed by atoms with E-state index in [4.69, 9.17) is 9.72 Å². The topological polar surface area (TPSA) is 70.2 Å². The predicted molar refractivity (Wildman–Crippen MR) is 126 cm³/mol. The number of nitrogens with one attached hydrogen (secondary N) is 1. The average Bonchev–Trinajstić information content (AvgIpc) is 3.52. The summed E-state index contributed by atoms with van der Waals surface area (Å²) in [7, 11) is 1.76. The summed E-state index contributed by atoms with van der Waals surface area (Å²) >= 11 is 0. The zero-order valence-corrected chi connectivity index (χ0v) is 19.0. The number of hydrogen-bond acceptors (Lipinski definition) is 6. The number of rotatable bonds is 6. The van der Waals surface area contributed by atoms with Crippen LogP contribution in [0.25, 0.3) is 11.3 Å². The van der Waals surface area contributed by atoms with E-state index in [1.54, 1.807) is 7.11 Å². The Hall–Kier alpha value is -2.93. The number of ether oxygens (including phenoxy) is 1. The Morgan fingerprint density at radius 2 is 2.00 bits per heavy atom. The maximum Gasteiger partial charge on any atom is 0.225 e. The van der Waals surface area contributed by atoms with Gasteiger partial charge in [-0.1, -0.05) is 18.2 Å². The molecule has 2 aliphatic heterocycles. The van der Waals surface area contributed by atoms with E-state index in [9.17, 15) is 0 Å². The van der Waals surface area contributed by atoms with Crippen LogP contribution in [0.1, 0.15) is 48.4 Å². The quantitative estimate of drug-likeness (QED) is 0.631. The molecule has 3 aromatic rings. The number of aryl methyl sites for hydroxylation is 1. The lowest BCUT2D eigenvalue weighted by Gasteiger charge is -2.33. The molecule has 5 rings (SSSR count). The number of methoxy groups -OCH3 is 1. The second-order valence-electron chi connectivity index (χ2n) is 8.97. The number of likely N-dealkylation sites (tertiary alicyclic amines) is 1. The van der Waals surface area contributed by atoms with Crippen molar-refractivity contribution < 1.29 is 4.74 Å². The largest absolute Gasteiger partial charge is 0.496 e. The van der Waals surface area contributed by atoms with Gasteiger partial charge in [-0.15, -0.1) is 0 Å². The van der Waals surface area contributed by atoms with Crippen LogP contribution in [0.4, 0.5) is 5.95 Å². The lowest BCUT2D eigenvalue weighted by atomic mass is 9.91. The van der Waals surface area contributed by atoms with Gasteiger partial charge < -0.3 is 9.64 Å². The molecule has 0 unspecified atom stereocenters. The molecule has 0 saturated carbocycles. The molecule has 4 heterocycles. The first kappa shape index (κ1) is 20.9. The first-order valence-electron chi connectivity index (χ1n) is 11.7. The van der Waals surface area contributed by atoms with Gasteiger partial charge in [0.15, 0.2) is 0 Å². The Bertz CT molecular complexity index is 1060. The van der Waals surface area contributed by atoms with Gasteiger partial charge in [0, 0.05) is 55.1 Å². The highest BCUT2D eigenvalue weighted by molar-refractivity contribution is 5.63. The molecule has 168 valence electrons. The molecule has 32 heavy (non-hydrogen) atoms. The third-order valence-corrected chi connectivity index (χ3v) is 6.78. The number of piperidine rings is 1. The number of aromatic nitrogens is 4. The summed E-state index contributed by atoms with van der Waals surface area (Å²) in [6, 6.07) is 8.41. The van der Waals surface area contributed by atoms with E-state index in [1.807, 2.05) is 18.5 Å². The molecule has 0 radical (unpaired) electrons. The lowest BCUT2D eigenvalue weighted by molar-refractivity contribution is 0.196. The summed E-state index contributed by atoms with van der Waals surface area (Å²) in [5.74, 6) is 2.25. The molecule has 2 aliphatic rings. The van der Waals surface area contributed by atoms with Crippen molar-refractivity contribution >= 4 is 5.95 Å². The molecule has 2 saturated heterocycles. The van der Waals surface area contributed by atoms with Gasteiger partial charge in [0.1, 0.15) is 5.75 Å². The van der Waals surface area contributed by atoms with E-state index < -0.39 is 0 Å². The number of hydrogen-bond donors (Lipinski definition) is 1. The summed E-state index contributed by atoms with van der Waals surface area (Å²) in [5.41, 5.74) is 5.70. The lowest BCUT2D eigenvalue weighted by Crippen LogP contribution is -2.34. The first-order valence-corrected chi connectivity index (χ1v) is 11.7. The van der Waals surface area contributed by atoms with Crippen LogP contribution in [0.3, 0.4) is 0 Å². The zero-order chi connectivity index (χ0) is 21.9. The molecular weight excluding hydrogens is 400 g/mol. The summed E-state index contributed by atoms with van der Waals surface area (Å²) in [6.45, 7) is 7.19. The second-order valence-corrected chi connectivity index (χ2v) is 8.97. The van der Waals surface area contributed by atoms with Crippen LogP contribution in [-0.4, -0.2) is 58.4 Å². The normalized spacial score (nSPS) is 19.4. The molecular formula is C25H32N6O. The molecule has 0 amide bonds. The zero-order valence-electron chi connectivity index (χ0n) is 19.0. The van der Waals surface area contributed by atoms with E-state index in [-0.39, 0.29) is 0 Å². The van der Waals surface area contributed by atoms with Crippen LogP contribution in [0.15, 0.2) is 36.7 Å². The number of para-hydroxylation sites is 1. The Labute approximate surface area is 189 Å². The van der Waals surface area contributed by atoms with Crippen LogP contribution in [0.5, 0.6) is 5.75 Å². The summed E-state index contributed by atoms with van der Waals surface area (Å²) < 4.78 is 5.69. The van der Waals surface area contributed by atoms with Gasteiger partial charge in [0.25, 0.3) is 0 Å². The van der Waals surface area contributed by atoms with Gasteiger partial charge in [0.05, 0.1) is 19.0 Å². The maximum atomic E-state index is 5.69. The summed E-state index contributed by atoms with van der Waals surface area (Å²) in [6.07, 6.45) is 8.56. The number of anilines is 1. The number of aromatic amines is 1. The van der Waals surface area contributed by atoms with E-state index >= 15 is 0 Å². The third-order valence-electron chi connectivity index (χ3n) is 6.78. The van der Waals surface area contributed by atoms with Crippen LogP contribution in [0.2, 0.25) is 0 Å². The van der Waals surface area contributed by atoms with Crippen molar-refractivity contribution in [2.24, 2.45) is 0 Å². The van der Waals surface area contributed by atoms with Gasteiger partial charge in [0.2, 0.25) is 5.95 Å². The van der Waals surface area contributed by atoms with Gasteiger partial charge in [-0.05, 0) is 50.8 Å². The standard InChI is InChI=1S/C25H32N6O/c1-18-7-5-8-20(24(18)32-2)17-30-12-6-9-19(16-30)23-21(15-27-29-23)22-10-11-26-25(28-22)31-13-3-4-14-31/h5,7-8,10-11,15,19H,3-4,6,9,12-14,16-17H2,1-2H3,(H,27,29)/t19-/m0/s1. The highest BCUT2D eigenvalue weighted by Gasteiger charge is 2.26. The molecule has 0 bridgehead atoms. The van der Waals surface area contributed by atoms with E-state index in [2.05, 4.69) is 50.1 Å². The van der Waals surface area contributed by atoms with Crippen molar-refractivity contribution in [3.63, 3.8) is 0 Å². The fourth-order valence-electron chi connectivity index (χ4n) is 5.18. The molecule has 2 fully saturated rings. The smallest absolute Gasteiger partial charge is 0.225 e. The van der Waals surface area contributed by atoms with Crippen molar-refractivity contribution in [3.8, 4) is 17.0 Å². The fraction of sp³-hybridized carbons (Fsp3) is 0.480. The van der Waals surface area contributed by atoms with Crippen LogP contribution >= 0.6 is 0 Å². The highest BCUT2D eigenvalue weighted by Crippen LogP contribution is 2.34. The molecule has 1 aromatic carbocycles. The van der Waals surface area contributed by atoms with Crippen molar-refractivity contribution in [3.05, 3.63) is 53.5 Å². The Balaban J connectivity index is 1.35. The van der Waals surface area contributed by atoms with Crippen LogP contribution < -0.4 is 9.64 Å². The average molecular weight is 433 g/mol. The number of H-pyrrole nitrogens is 1. The molecule has 0 spiro atoms.